The molecule has 1 aliphatic heterocycles. The van der Waals surface area contributed by atoms with Crippen LogP contribution in [0.5, 0.6) is 11.5 Å². The van der Waals surface area contributed by atoms with Crippen LogP contribution in [0.3, 0.4) is 0 Å². The maximum atomic E-state index is 13.8. The van der Waals surface area contributed by atoms with E-state index in [0.717, 1.165) is 10.4 Å². The Kier molecular flexibility index (Phi) is 7.06. The molecule has 11 heteroatoms. The zero-order chi connectivity index (χ0) is 22.6. The number of benzene rings is 2. The van der Waals surface area contributed by atoms with Crippen molar-refractivity contribution in [2.45, 2.75) is 24.7 Å². The molecule has 0 aliphatic carbocycles. The van der Waals surface area contributed by atoms with Crippen LogP contribution in [-0.2, 0) is 14.8 Å². The van der Waals surface area contributed by atoms with E-state index in [1.807, 2.05) is 0 Å². The van der Waals surface area contributed by atoms with Gasteiger partial charge in [0.05, 0.1) is 30.3 Å². The van der Waals surface area contributed by atoms with Gasteiger partial charge in [-0.05, 0) is 30.7 Å². The summed E-state index contributed by atoms with van der Waals surface area (Å²) in [5.74, 6) is -4.91. The molecule has 3 rings (SSSR count). The molecule has 31 heavy (non-hydrogen) atoms. The van der Waals surface area contributed by atoms with Gasteiger partial charge in [0.1, 0.15) is 0 Å². The number of anilines is 1. The minimum Gasteiger partial charge on any atom is -0.490 e. The fourth-order valence-electron chi connectivity index (χ4n) is 2.96. The molecule has 2 aromatic rings. The molecule has 168 valence electrons. The molecule has 0 unspecified atom stereocenters. The quantitative estimate of drug-likeness (QED) is 0.644. The maximum Gasteiger partial charge on any atom is 0.243 e. The number of ether oxygens (including phenoxy) is 2. The molecule has 2 aromatic carbocycles. The van der Waals surface area contributed by atoms with Crippen molar-refractivity contribution >= 4 is 21.6 Å². The molecular formula is C20H21F3N2O5S. The van der Waals surface area contributed by atoms with Gasteiger partial charge in [0.25, 0.3) is 0 Å². The highest BCUT2D eigenvalue weighted by Gasteiger charge is 2.28. The summed E-state index contributed by atoms with van der Waals surface area (Å²) in [4.78, 5) is 12.3. The number of fused-ring (bicyclic) bond motifs is 1. The van der Waals surface area contributed by atoms with E-state index in [2.05, 4.69) is 5.32 Å². The summed E-state index contributed by atoms with van der Waals surface area (Å²) in [6, 6.07) is 5.67. The van der Waals surface area contributed by atoms with Crippen molar-refractivity contribution in [3.63, 3.8) is 0 Å². The van der Waals surface area contributed by atoms with Gasteiger partial charge in [-0.15, -0.1) is 0 Å². The maximum absolute atomic E-state index is 13.8. The zero-order valence-corrected chi connectivity index (χ0v) is 17.5. The summed E-state index contributed by atoms with van der Waals surface area (Å²) >= 11 is 0. The van der Waals surface area contributed by atoms with E-state index < -0.39 is 45.6 Å². The Hall–Kier alpha value is -2.79. The van der Waals surface area contributed by atoms with Crippen LogP contribution < -0.4 is 14.8 Å². The van der Waals surface area contributed by atoms with Gasteiger partial charge in [-0.25, -0.2) is 21.6 Å². The third-order valence-corrected chi connectivity index (χ3v) is 6.30. The number of sulfonamides is 1. The van der Waals surface area contributed by atoms with Crippen molar-refractivity contribution in [3.8, 4) is 11.5 Å². The van der Waals surface area contributed by atoms with Crippen molar-refractivity contribution in [1.82, 2.24) is 4.31 Å². The van der Waals surface area contributed by atoms with Crippen LogP contribution in [0.15, 0.2) is 35.2 Å². The number of rotatable bonds is 7. The number of hydrogen-bond acceptors (Lipinski definition) is 5. The predicted octanol–water partition coefficient (Wildman–Crippen LogP) is 3.30. The predicted molar refractivity (Wildman–Crippen MR) is 106 cm³/mol. The van der Waals surface area contributed by atoms with Crippen LogP contribution in [-0.4, -0.2) is 44.9 Å². The number of halogens is 3. The van der Waals surface area contributed by atoms with Crippen molar-refractivity contribution in [3.05, 3.63) is 47.8 Å². The van der Waals surface area contributed by atoms with Gasteiger partial charge in [-0.2, -0.15) is 4.31 Å². The largest absolute Gasteiger partial charge is 0.490 e. The van der Waals surface area contributed by atoms with Crippen LogP contribution in [0, 0.1) is 17.5 Å². The third-order valence-electron chi connectivity index (χ3n) is 4.46. The average Bonchev–Trinajstić information content (AvgIpc) is 2.98. The molecule has 0 atom stereocenters. The molecule has 0 saturated heterocycles. The first-order chi connectivity index (χ1) is 14.7. The highest BCUT2D eigenvalue weighted by atomic mass is 32.2. The van der Waals surface area contributed by atoms with E-state index in [-0.39, 0.29) is 17.2 Å². The second-order valence-corrected chi connectivity index (χ2v) is 8.71. The summed E-state index contributed by atoms with van der Waals surface area (Å²) in [5, 5.41) is 2.08. The normalized spacial score (nSPS) is 13.7. The van der Waals surface area contributed by atoms with Gasteiger partial charge in [0.15, 0.2) is 29.0 Å². The van der Waals surface area contributed by atoms with E-state index in [9.17, 15) is 26.4 Å². The van der Waals surface area contributed by atoms with Gasteiger partial charge in [0, 0.05) is 19.0 Å². The van der Waals surface area contributed by atoms with Crippen molar-refractivity contribution in [2.24, 2.45) is 0 Å². The first-order valence-corrected chi connectivity index (χ1v) is 11.0. The van der Waals surface area contributed by atoms with Crippen LogP contribution in [0.1, 0.15) is 19.8 Å². The Bertz CT molecular complexity index is 1080. The third kappa shape index (κ3) is 5.10. The monoisotopic (exact) mass is 458 g/mol. The molecule has 1 aliphatic rings. The number of carbonyl (C=O) groups is 1. The fourth-order valence-corrected chi connectivity index (χ4v) is 4.46. The van der Waals surface area contributed by atoms with Crippen LogP contribution in [0.25, 0.3) is 0 Å². The van der Waals surface area contributed by atoms with Gasteiger partial charge in [-0.3, -0.25) is 4.79 Å². The van der Waals surface area contributed by atoms with Crippen LogP contribution in [0.2, 0.25) is 0 Å². The Morgan fingerprint density at radius 3 is 2.48 bits per heavy atom. The van der Waals surface area contributed by atoms with Crippen LogP contribution in [0.4, 0.5) is 18.9 Å². The van der Waals surface area contributed by atoms with E-state index in [1.54, 1.807) is 6.92 Å². The first-order valence-electron chi connectivity index (χ1n) is 9.57. The Labute approximate surface area is 177 Å². The molecule has 0 saturated carbocycles. The molecular weight excluding hydrogens is 437 g/mol. The highest BCUT2D eigenvalue weighted by molar-refractivity contribution is 7.89. The molecule has 7 nitrogen and oxygen atoms in total. The summed E-state index contributed by atoms with van der Waals surface area (Å²) in [6.45, 7) is 1.90. The van der Waals surface area contributed by atoms with Crippen LogP contribution >= 0.6 is 0 Å². The summed E-state index contributed by atoms with van der Waals surface area (Å²) in [5.41, 5.74) is -0.590. The summed E-state index contributed by atoms with van der Waals surface area (Å²) in [7, 11) is -4.11. The van der Waals surface area contributed by atoms with E-state index in [4.69, 9.17) is 9.47 Å². The molecule has 0 bridgehead atoms. The second kappa shape index (κ2) is 9.56. The molecule has 0 radical (unpaired) electrons. The fraction of sp³-hybridized carbons (Fsp3) is 0.350. The standard InChI is InChI=1S/C20H21F3N2O5S/c1-2-8-25(12-18(26)24-15-6-5-14(21)19(22)20(15)23)31(27,28)13-4-7-16-17(11-13)30-10-3-9-29-16/h4-7,11H,2-3,8-10,12H2,1H3,(H,24,26). The molecule has 1 amide bonds. The van der Waals surface area contributed by atoms with E-state index in [0.29, 0.717) is 37.9 Å². The number of nitrogens with zero attached hydrogens (tertiary/aromatic N) is 1. The highest BCUT2D eigenvalue weighted by Crippen LogP contribution is 2.33. The lowest BCUT2D eigenvalue weighted by Gasteiger charge is -2.22. The molecule has 1 N–H and O–H groups in total. The number of nitrogens with one attached hydrogen (secondary N) is 1. The average molecular weight is 458 g/mol. The van der Waals surface area contributed by atoms with Crippen molar-refractivity contribution in [2.75, 3.05) is 31.6 Å². The SMILES string of the molecule is CCCN(CC(=O)Nc1ccc(F)c(F)c1F)S(=O)(=O)c1ccc2c(c1)OCCCO2. The van der Waals surface area contributed by atoms with E-state index in [1.165, 1.54) is 18.2 Å². The minimum absolute atomic E-state index is 0.00442. The van der Waals surface area contributed by atoms with Crippen molar-refractivity contribution in [1.29, 1.82) is 0 Å². The van der Waals surface area contributed by atoms with Gasteiger partial charge in [-0.1, -0.05) is 6.92 Å². The van der Waals surface area contributed by atoms with Crippen molar-refractivity contribution < 1.29 is 35.9 Å². The molecule has 1 heterocycles. The van der Waals surface area contributed by atoms with Gasteiger partial charge >= 0.3 is 0 Å². The molecule has 0 aromatic heterocycles. The number of amides is 1. The lowest BCUT2D eigenvalue weighted by Crippen LogP contribution is -2.38. The van der Waals surface area contributed by atoms with Gasteiger partial charge < -0.3 is 14.8 Å². The minimum atomic E-state index is -4.11. The smallest absolute Gasteiger partial charge is 0.243 e. The number of carbonyl (C=O) groups excluding carboxylic acids is 1. The lowest BCUT2D eigenvalue weighted by atomic mass is 10.2. The lowest BCUT2D eigenvalue weighted by molar-refractivity contribution is -0.116. The number of hydrogen-bond donors (Lipinski definition) is 1. The Morgan fingerprint density at radius 1 is 1.06 bits per heavy atom. The topological polar surface area (TPSA) is 84.9 Å². The first kappa shape index (κ1) is 22.9. The van der Waals surface area contributed by atoms with Gasteiger partial charge in [0.2, 0.25) is 15.9 Å². The van der Waals surface area contributed by atoms with E-state index >= 15 is 0 Å². The summed E-state index contributed by atoms with van der Waals surface area (Å²) < 4.78 is 78.4. The molecule has 0 fully saturated rings. The molecule has 0 spiro atoms. The Morgan fingerprint density at radius 2 is 1.77 bits per heavy atom. The summed E-state index contributed by atoms with van der Waals surface area (Å²) in [6.07, 6.45) is 1.05. The Balaban J connectivity index is 1.81. The zero-order valence-electron chi connectivity index (χ0n) is 16.7. The second-order valence-electron chi connectivity index (χ2n) is 6.77.